The van der Waals surface area contributed by atoms with Gasteiger partial charge in [0.15, 0.2) is 5.82 Å². The largest absolute Gasteiger partial charge is 0.398 e. The van der Waals surface area contributed by atoms with Crippen LogP contribution in [0.5, 0.6) is 0 Å². The van der Waals surface area contributed by atoms with Crippen LogP contribution < -0.4 is 11.1 Å². The Labute approximate surface area is 98.8 Å². The number of rotatable bonds is 2. The molecule has 0 saturated heterocycles. The zero-order valence-electron chi connectivity index (χ0n) is 9.41. The SMILES string of the molecule is Nc1cc(F)c(NC2CCC2)c2ncccc12. The molecule has 3 nitrogen and oxygen atoms in total. The lowest BCUT2D eigenvalue weighted by molar-refractivity contribution is 0.443. The molecule has 17 heavy (non-hydrogen) atoms. The van der Waals surface area contributed by atoms with Gasteiger partial charge >= 0.3 is 0 Å². The molecule has 4 heteroatoms. The molecular weight excluding hydrogens is 217 g/mol. The number of fused-ring (bicyclic) bond motifs is 1. The van der Waals surface area contributed by atoms with Crippen molar-refractivity contribution in [3.05, 3.63) is 30.2 Å². The van der Waals surface area contributed by atoms with Crippen LogP contribution in [-0.4, -0.2) is 11.0 Å². The number of nitrogens with one attached hydrogen (secondary N) is 1. The molecule has 0 unspecified atom stereocenters. The van der Waals surface area contributed by atoms with E-state index in [9.17, 15) is 4.39 Å². The number of aromatic nitrogens is 1. The van der Waals surface area contributed by atoms with Gasteiger partial charge in [-0.1, -0.05) is 0 Å². The molecule has 0 bridgehead atoms. The van der Waals surface area contributed by atoms with Crippen LogP contribution in [0.15, 0.2) is 24.4 Å². The fourth-order valence-corrected chi connectivity index (χ4v) is 2.13. The molecule has 0 spiro atoms. The summed E-state index contributed by atoms with van der Waals surface area (Å²) >= 11 is 0. The predicted octanol–water partition coefficient (Wildman–Crippen LogP) is 2.92. The topological polar surface area (TPSA) is 50.9 Å². The van der Waals surface area contributed by atoms with Crippen LogP contribution in [0, 0.1) is 5.82 Å². The summed E-state index contributed by atoms with van der Waals surface area (Å²) in [7, 11) is 0. The molecule has 1 heterocycles. The second-order valence-corrected chi connectivity index (χ2v) is 4.49. The van der Waals surface area contributed by atoms with Crippen molar-refractivity contribution >= 4 is 22.3 Å². The summed E-state index contributed by atoms with van der Waals surface area (Å²) in [6, 6.07) is 5.41. The number of halogens is 1. The van der Waals surface area contributed by atoms with Gasteiger partial charge in [0.1, 0.15) is 0 Å². The lowest BCUT2D eigenvalue weighted by Crippen LogP contribution is -2.27. The first-order chi connectivity index (χ1) is 8.25. The Balaban J connectivity index is 2.14. The fraction of sp³-hybridized carbons (Fsp3) is 0.308. The van der Waals surface area contributed by atoms with Crippen molar-refractivity contribution in [2.24, 2.45) is 0 Å². The maximum atomic E-state index is 13.9. The lowest BCUT2D eigenvalue weighted by Gasteiger charge is -2.28. The van der Waals surface area contributed by atoms with E-state index in [2.05, 4.69) is 10.3 Å². The van der Waals surface area contributed by atoms with Gasteiger partial charge in [0.2, 0.25) is 0 Å². The molecule has 1 fully saturated rings. The van der Waals surface area contributed by atoms with Crippen LogP contribution >= 0.6 is 0 Å². The summed E-state index contributed by atoms with van der Waals surface area (Å²) in [5, 5.41) is 4.03. The third-order valence-electron chi connectivity index (χ3n) is 3.33. The number of nitrogens with zero attached hydrogens (tertiary/aromatic N) is 1. The van der Waals surface area contributed by atoms with Crippen LogP contribution in [-0.2, 0) is 0 Å². The van der Waals surface area contributed by atoms with E-state index in [-0.39, 0.29) is 5.82 Å². The summed E-state index contributed by atoms with van der Waals surface area (Å²) in [6.45, 7) is 0. The van der Waals surface area contributed by atoms with Crippen molar-refractivity contribution in [3.63, 3.8) is 0 Å². The molecule has 3 rings (SSSR count). The number of nitrogen functional groups attached to an aromatic ring is 1. The van der Waals surface area contributed by atoms with E-state index in [0.717, 1.165) is 18.2 Å². The quantitative estimate of drug-likeness (QED) is 0.781. The van der Waals surface area contributed by atoms with Gasteiger partial charge in [-0.25, -0.2) is 4.39 Å². The molecule has 1 aromatic heterocycles. The fourth-order valence-electron chi connectivity index (χ4n) is 2.13. The predicted molar refractivity (Wildman–Crippen MR) is 67.4 cm³/mol. The highest BCUT2D eigenvalue weighted by Gasteiger charge is 2.20. The van der Waals surface area contributed by atoms with Crippen molar-refractivity contribution in [3.8, 4) is 0 Å². The smallest absolute Gasteiger partial charge is 0.150 e. The van der Waals surface area contributed by atoms with Gasteiger partial charge in [-0.2, -0.15) is 0 Å². The van der Waals surface area contributed by atoms with Crippen molar-refractivity contribution in [2.75, 3.05) is 11.1 Å². The average molecular weight is 231 g/mol. The van der Waals surface area contributed by atoms with Gasteiger partial charge in [-0.15, -0.1) is 0 Å². The number of hydrogen-bond acceptors (Lipinski definition) is 3. The van der Waals surface area contributed by atoms with Gasteiger partial charge in [0, 0.05) is 23.3 Å². The molecule has 0 atom stereocenters. The molecule has 1 aromatic carbocycles. The molecule has 1 aliphatic rings. The summed E-state index contributed by atoms with van der Waals surface area (Å²) in [4.78, 5) is 4.23. The molecule has 0 radical (unpaired) electrons. The van der Waals surface area contributed by atoms with E-state index in [1.54, 1.807) is 6.20 Å². The highest BCUT2D eigenvalue weighted by molar-refractivity contribution is 5.98. The maximum absolute atomic E-state index is 13.9. The van der Waals surface area contributed by atoms with Gasteiger partial charge < -0.3 is 11.1 Å². The van der Waals surface area contributed by atoms with Gasteiger partial charge in [-0.05, 0) is 37.5 Å². The Hall–Kier alpha value is -1.84. The van der Waals surface area contributed by atoms with E-state index < -0.39 is 0 Å². The first-order valence-corrected chi connectivity index (χ1v) is 5.85. The molecule has 0 amide bonds. The standard InChI is InChI=1S/C13H14FN3/c14-10-7-11(15)9-5-2-6-16-12(9)13(10)17-8-3-1-4-8/h2,5-8,17H,1,3-4,15H2. The Bertz CT molecular complexity index is 564. The van der Waals surface area contributed by atoms with E-state index in [4.69, 9.17) is 5.73 Å². The molecule has 88 valence electrons. The van der Waals surface area contributed by atoms with Crippen molar-refractivity contribution in [1.82, 2.24) is 4.98 Å². The van der Waals surface area contributed by atoms with Gasteiger partial charge in [0.25, 0.3) is 0 Å². The third kappa shape index (κ3) is 1.69. The first-order valence-electron chi connectivity index (χ1n) is 5.85. The van der Waals surface area contributed by atoms with Crippen molar-refractivity contribution < 1.29 is 4.39 Å². The van der Waals surface area contributed by atoms with Crippen molar-refractivity contribution in [1.29, 1.82) is 0 Å². The third-order valence-corrected chi connectivity index (χ3v) is 3.33. The van der Waals surface area contributed by atoms with Crippen LogP contribution in [0.25, 0.3) is 10.9 Å². The van der Waals surface area contributed by atoms with Crippen LogP contribution in [0.4, 0.5) is 15.8 Å². The second kappa shape index (κ2) is 3.87. The Morgan fingerprint density at radius 2 is 2.24 bits per heavy atom. The summed E-state index contributed by atoms with van der Waals surface area (Å²) < 4.78 is 13.9. The number of anilines is 2. The van der Waals surface area contributed by atoms with E-state index in [1.165, 1.54) is 12.5 Å². The monoisotopic (exact) mass is 231 g/mol. The minimum atomic E-state index is -0.319. The second-order valence-electron chi connectivity index (χ2n) is 4.49. The van der Waals surface area contributed by atoms with Crippen LogP contribution in [0.2, 0.25) is 0 Å². The molecule has 2 aromatic rings. The molecule has 0 aliphatic heterocycles. The van der Waals surface area contributed by atoms with E-state index in [1.807, 2.05) is 12.1 Å². The summed E-state index contributed by atoms with van der Waals surface area (Å²) in [5.74, 6) is -0.319. The molecular formula is C13H14FN3. The molecule has 3 N–H and O–H groups in total. The summed E-state index contributed by atoms with van der Waals surface area (Å²) in [5.41, 5.74) is 7.34. The number of benzene rings is 1. The normalized spacial score (nSPS) is 15.8. The van der Waals surface area contributed by atoms with Crippen LogP contribution in [0.1, 0.15) is 19.3 Å². The zero-order valence-corrected chi connectivity index (χ0v) is 9.41. The Morgan fingerprint density at radius 1 is 1.41 bits per heavy atom. The number of nitrogens with two attached hydrogens (primary N) is 1. The van der Waals surface area contributed by atoms with E-state index in [0.29, 0.717) is 22.9 Å². The first kappa shape index (κ1) is 10.3. The maximum Gasteiger partial charge on any atom is 0.150 e. The minimum absolute atomic E-state index is 0.319. The summed E-state index contributed by atoms with van der Waals surface area (Å²) in [6.07, 6.45) is 5.06. The number of hydrogen-bond donors (Lipinski definition) is 2. The lowest BCUT2D eigenvalue weighted by atomic mass is 9.92. The van der Waals surface area contributed by atoms with E-state index >= 15 is 0 Å². The van der Waals surface area contributed by atoms with Crippen molar-refractivity contribution in [2.45, 2.75) is 25.3 Å². The number of pyridine rings is 1. The Morgan fingerprint density at radius 3 is 2.94 bits per heavy atom. The highest BCUT2D eigenvalue weighted by Crippen LogP contribution is 2.32. The highest BCUT2D eigenvalue weighted by atomic mass is 19.1. The average Bonchev–Trinajstić information content (AvgIpc) is 2.26. The molecule has 1 saturated carbocycles. The van der Waals surface area contributed by atoms with Crippen LogP contribution in [0.3, 0.4) is 0 Å². The zero-order chi connectivity index (χ0) is 11.8. The Kier molecular flexibility index (Phi) is 2.35. The van der Waals surface area contributed by atoms with Gasteiger partial charge in [-0.3, -0.25) is 4.98 Å². The minimum Gasteiger partial charge on any atom is -0.398 e. The van der Waals surface area contributed by atoms with Gasteiger partial charge in [0.05, 0.1) is 11.2 Å². The molecule has 1 aliphatic carbocycles.